The number of nitrogens with one attached hydrogen (secondary N) is 4. The Morgan fingerprint density at radius 3 is 1.55 bits per heavy atom. The van der Waals surface area contributed by atoms with Gasteiger partial charge < -0.3 is 52.3 Å². The topological polar surface area (TPSA) is 267 Å². The molecule has 2 heterocycles. The van der Waals surface area contributed by atoms with Gasteiger partial charge in [-0.15, -0.1) is 0 Å². The van der Waals surface area contributed by atoms with Crippen molar-refractivity contribution in [2.45, 2.75) is 127 Å². The van der Waals surface area contributed by atoms with Gasteiger partial charge >= 0.3 is 0 Å². The molecule has 1 fully saturated rings. The summed E-state index contributed by atoms with van der Waals surface area (Å²) in [5, 5.41) is 12.6. The Bertz CT molecular complexity index is 3140. The lowest BCUT2D eigenvalue weighted by molar-refractivity contribution is -0.139. The average molecular weight is 1260 g/mol. The van der Waals surface area contributed by atoms with E-state index in [0.717, 1.165) is 40.7 Å². The Labute approximate surface area is 540 Å². The summed E-state index contributed by atoms with van der Waals surface area (Å²) >= 11 is 1.50. The SMILES string of the molecule is CC(C)C[C@H]1CN(C(=O)CCc2ccccc2)CC(=O)N[C@@H](CCc2ccccc2)CN(C(=O)CC2CC2)CC(=O)N[C@@H](Cc2ccccc2)CN(CC(N)=O)C(=O)CCSCc2ccc(cc2)C(=O)N[C@@H](Cc2ccccc2)CN(C(=O)CCCN)CC(=O)N1. The van der Waals surface area contributed by atoms with E-state index in [2.05, 4.69) is 21.3 Å². The molecule has 9 amide bonds. The fraction of sp³-hybridized carbons (Fsp3) is 0.451. The highest BCUT2D eigenvalue weighted by Gasteiger charge is 2.33. The Morgan fingerprint density at radius 2 is 1.02 bits per heavy atom. The van der Waals surface area contributed by atoms with E-state index in [-0.39, 0.29) is 126 Å². The fourth-order valence-corrected chi connectivity index (χ4v) is 12.3. The number of hydrogen-bond acceptors (Lipinski definition) is 11. The van der Waals surface area contributed by atoms with Crippen molar-refractivity contribution in [3.05, 3.63) is 179 Å². The molecule has 2 aliphatic heterocycles. The first-order chi connectivity index (χ1) is 43.9. The van der Waals surface area contributed by atoms with E-state index in [9.17, 15) is 43.2 Å². The van der Waals surface area contributed by atoms with Gasteiger partial charge in [-0.3, -0.25) is 43.2 Å². The molecule has 8 rings (SSSR count). The van der Waals surface area contributed by atoms with Crippen LogP contribution in [-0.2, 0) is 69.8 Å². The van der Waals surface area contributed by atoms with Crippen LogP contribution in [0.3, 0.4) is 0 Å². The van der Waals surface area contributed by atoms with Crippen LogP contribution >= 0.6 is 11.8 Å². The molecule has 91 heavy (non-hydrogen) atoms. The van der Waals surface area contributed by atoms with Gasteiger partial charge in [0.2, 0.25) is 47.3 Å². The molecule has 3 aliphatic rings. The van der Waals surface area contributed by atoms with Gasteiger partial charge in [-0.2, -0.15) is 11.8 Å². The third-order valence-electron chi connectivity index (χ3n) is 16.2. The zero-order valence-electron chi connectivity index (χ0n) is 52.8. The zero-order valence-corrected chi connectivity index (χ0v) is 53.6. The van der Waals surface area contributed by atoms with E-state index in [1.165, 1.54) is 31.4 Å². The number of carbonyl (C=O) groups excluding carboxylic acids is 9. The largest absolute Gasteiger partial charge is 0.368 e. The third-order valence-corrected chi connectivity index (χ3v) is 17.2. The molecule has 0 unspecified atom stereocenters. The van der Waals surface area contributed by atoms with Crippen LogP contribution in [0.2, 0.25) is 0 Å². The molecule has 5 aromatic carbocycles. The molecule has 5 aromatic rings. The molecule has 20 heteroatoms. The van der Waals surface area contributed by atoms with E-state index >= 15 is 0 Å². The van der Waals surface area contributed by atoms with Crippen molar-refractivity contribution in [2.24, 2.45) is 23.3 Å². The highest BCUT2D eigenvalue weighted by molar-refractivity contribution is 7.98. The van der Waals surface area contributed by atoms with Gasteiger partial charge in [-0.05, 0) is 116 Å². The quantitative estimate of drug-likeness (QED) is 0.0521. The van der Waals surface area contributed by atoms with E-state index in [4.69, 9.17) is 11.5 Å². The Balaban J connectivity index is 1.24. The fourth-order valence-electron chi connectivity index (χ4n) is 11.4. The van der Waals surface area contributed by atoms with Gasteiger partial charge in [0.1, 0.15) is 0 Å². The summed E-state index contributed by atoms with van der Waals surface area (Å²) < 4.78 is 0. The number of nitrogens with two attached hydrogens (primary N) is 2. The van der Waals surface area contributed by atoms with Crippen LogP contribution in [0.4, 0.5) is 0 Å². The molecule has 0 spiro atoms. The molecular weight excluding hydrogens is 1170 g/mol. The molecule has 1 aliphatic carbocycles. The zero-order chi connectivity index (χ0) is 64.9. The van der Waals surface area contributed by atoms with Crippen LogP contribution in [0.5, 0.6) is 0 Å². The first-order valence-electron chi connectivity index (χ1n) is 32.1. The average Bonchev–Trinajstić information content (AvgIpc) is 2.90. The minimum absolute atomic E-state index is 0.0154. The predicted molar refractivity (Wildman–Crippen MR) is 355 cm³/mol. The summed E-state index contributed by atoms with van der Waals surface area (Å²) in [7, 11) is 0. The molecule has 4 atom stereocenters. The van der Waals surface area contributed by atoms with Gasteiger partial charge in [-0.25, -0.2) is 0 Å². The molecule has 2 bridgehead atoms. The van der Waals surface area contributed by atoms with Crippen molar-refractivity contribution in [1.29, 1.82) is 0 Å². The number of carbonyl (C=O) groups is 9. The second kappa shape index (κ2) is 37.1. The number of aryl methyl sites for hydroxylation is 2. The molecule has 0 radical (unpaired) electrons. The maximum Gasteiger partial charge on any atom is 0.251 e. The van der Waals surface area contributed by atoms with Gasteiger partial charge in [0.15, 0.2) is 0 Å². The summed E-state index contributed by atoms with van der Waals surface area (Å²) in [5.74, 6) is -2.80. The number of fused-ring (bicyclic) bond motifs is 29. The molecule has 486 valence electrons. The van der Waals surface area contributed by atoms with Crippen molar-refractivity contribution in [3.63, 3.8) is 0 Å². The summed E-state index contributed by atoms with van der Waals surface area (Å²) in [6.07, 6.45) is 4.77. The molecule has 0 saturated heterocycles. The Morgan fingerprint density at radius 1 is 0.549 bits per heavy atom. The van der Waals surface area contributed by atoms with Crippen LogP contribution < -0.4 is 32.7 Å². The Kier molecular flexibility index (Phi) is 28.6. The molecular formula is C71H92N10O9S. The summed E-state index contributed by atoms with van der Waals surface area (Å²) in [4.78, 5) is 134. The van der Waals surface area contributed by atoms with Crippen LogP contribution in [0.1, 0.15) is 110 Å². The first kappa shape index (κ1) is 70.1. The van der Waals surface area contributed by atoms with Gasteiger partial charge in [0.25, 0.3) is 5.91 Å². The van der Waals surface area contributed by atoms with Crippen molar-refractivity contribution in [1.82, 2.24) is 40.9 Å². The lowest BCUT2D eigenvalue weighted by Gasteiger charge is -2.32. The highest BCUT2D eigenvalue weighted by atomic mass is 32.2. The number of hydrogen-bond donors (Lipinski definition) is 6. The Hall–Kier alpha value is -8.36. The summed E-state index contributed by atoms with van der Waals surface area (Å²) in [6, 6.07) is 42.6. The molecule has 19 nitrogen and oxygen atoms in total. The monoisotopic (exact) mass is 1260 g/mol. The lowest BCUT2D eigenvalue weighted by Crippen LogP contribution is -2.55. The number of amides is 9. The van der Waals surface area contributed by atoms with Crippen LogP contribution in [0, 0.1) is 11.8 Å². The van der Waals surface area contributed by atoms with E-state index < -0.39 is 54.3 Å². The summed E-state index contributed by atoms with van der Waals surface area (Å²) in [6.45, 7) is 2.54. The smallest absolute Gasteiger partial charge is 0.251 e. The normalized spacial score (nSPS) is 19.3. The van der Waals surface area contributed by atoms with E-state index in [0.29, 0.717) is 55.6 Å². The third kappa shape index (κ3) is 25.8. The van der Waals surface area contributed by atoms with Crippen LogP contribution in [0.25, 0.3) is 0 Å². The summed E-state index contributed by atoms with van der Waals surface area (Å²) in [5.41, 5.74) is 16.6. The number of benzene rings is 5. The van der Waals surface area contributed by atoms with Crippen molar-refractivity contribution >= 4 is 64.9 Å². The van der Waals surface area contributed by atoms with Crippen LogP contribution in [-0.4, -0.2) is 162 Å². The first-order valence-corrected chi connectivity index (χ1v) is 33.2. The molecule has 1 saturated carbocycles. The second-order valence-corrected chi connectivity index (χ2v) is 25.7. The van der Waals surface area contributed by atoms with Crippen molar-refractivity contribution < 1.29 is 43.2 Å². The minimum Gasteiger partial charge on any atom is -0.368 e. The maximum atomic E-state index is 14.8. The van der Waals surface area contributed by atoms with E-state index in [1.54, 1.807) is 12.1 Å². The highest BCUT2D eigenvalue weighted by Crippen LogP contribution is 2.33. The lowest BCUT2D eigenvalue weighted by atomic mass is 10.0. The predicted octanol–water partition coefficient (Wildman–Crippen LogP) is 6.01. The van der Waals surface area contributed by atoms with E-state index in [1.807, 2.05) is 147 Å². The second-order valence-electron chi connectivity index (χ2n) is 24.6. The van der Waals surface area contributed by atoms with Crippen LogP contribution in [0.15, 0.2) is 146 Å². The molecule has 8 N–H and O–H groups in total. The maximum absolute atomic E-state index is 14.8. The number of nitrogens with zero attached hydrogens (tertiary/aromatic N) is 4. The van der Waals surface area contributed by atoms with Gasteiger partial charge in [0.05, 0.1) is 38.3 Å². The minimum atomic E-state index is -0.722. The number of rotatable bonds is 19. The standard InChI is InChI=1S/C71H92N10O9S/c1-51(2)38-60-43-80(68(87)34-30-53-18-9-4-10-19-53)47-64(83)74-59(33-29-52-16-7-3-8-17-52)42-81(70(89)41-56-25-26-56)49-66(85)76-61(39-54-20-11-5-12-21-54)44-78(46-63(73)82)69(88)35-37-91-50-57-27-31-58(32-28-57)71(90)77-62(40-55-22-13-6-14-23-55)45-79(48-65(84)75-60)67(86)24-15-36-72/h3-14,16-23,27-28,31-32,51,56,59-62H,15,24-26,29-30,33-50,72H2,1-2H3,(H2,73,82)(H,74,83)(H,75,84)(H,76,85)(H,77,90)/t59-,60-,61-,62-/m0/s1. The number of thioether (sulfide) groups is 1. The van der Waals surface area contributed by atoms with Gasteiger partial charge in [-0.1, -0.05) is 147 Å². The van der Waals surface area contributed by atoms with Crippen molar-refractivity contribution in [3.8, 4) is 0 Å². The van der Waals surface area contributed by atoms with Gasteiger partial charge in [0, 0.05) is 81.0 Å². The molecule has 0 aromatic heterocycles. The van der Waals surface area contributed by atoms with Crippen molar-refractivity contribution in [2.75, 3.05) is 64.7 Å². The number of primary amides is 1.